The summed E-state index contributed by atoms with van der Waals surface area (Å²) < 4.78 is 43.3. The summed E-state index contributed by atoms with van der Waals surface area (Å²) in [6.07, 6.45) is -1.35. The maximum absolute atomic E-state index is 12.7. The van der Waals surface area contributed by atoms with Crippen LogP contribution in [0.25, 0.3) is 0 Å². The number of hydrogen-bond donors (Lipinski definition) is 3. The maximum atomic E-state index is 12.7. The number of aliphatic hydroxyl groups is 1. The molecular weight excluding hydrogens is 401 g/mol. The van der Waals surface area contributed by atoms with Gasteiger partial charge in [-0.05, 0) is 44.4 Å². The molecule has 3 N–H and O–H groups in total. The van der Waals surface area contributed by atoms with Gasteiger partial charge in [0.2, 0.25) is 0 Å². The zero-order chi connectivity index (χ0) is 21.7. The molecule has 3 rings (SSSR count). The molecule has 7 nitrogen and oxygen atoms in total. The number of aliphatic hydroxyl groups excluding tert-OH is 1. The lowest BCUT2D eigenvalue weighted by Gasteiger charge is -2.25. The summed E-state index contributed by atoms with van der Waals surface area (Å²) in [5, 5.41) is 15.4. The number of urea groups is 1. The second-order valence-corrected chi connectivity index (χ2v) is 7.11. The van der Waals surface area contributed by atoms with Gasteiger partial charge >= 0.3 is 12.2 Å². The van der Waals surface area contributed by atoms with Gasteiger partial charge in [0.25, 0.3) is 0 Å². The van der Waals surface area contributed by atoms with E-state index in [-0.39, 0.29) is 24.9 Å². The highest BCUT2D eigenvalue weighted by Gasteiger charge is 2.30. The molecule has 1 aliphatic carbocycles. The average Bonchev–Trinajstić information content (AvgIpc) is 2.70. The Hall–Kier alpha value is -2.88. The molecule has 0 aliphatic heterocycles. The van der Waals surface area contributed by atoms with Crippen LogP contribution in [0, 0.1) is 6.92 Å². The number of fused-ring (bicyclic) bond motifs is 1. The first-order chi connectivity index (χ1) is 14.2. The fourth-order valence-corrected chi connectivity index (χ4v) is 3.23. The van der Waals surface area contributed by atoms with E-state index < -0.39 is 23.9 Å². The van der Waals surface area contributed by atoms with Crippen molar-refractivity contribution in [3.05, 3.63) is 53.1 Å². The van der Waals surface area contributed by atoms with Crippen molar-refractivity contribution in [3.63, 3.8) is 0 Å². The number of carbonyl (C=O) groups is 1. The molecule has 0 saturated heterocycles. The number of carbonyl (C=O) groups excluding carboxylic acids is 1. The SMILES string of the molecule is Cc1ncc2c(n1)CCCC2NC(=O)NCC(O)COc1cccc(C(F)(F)F)c1. The van der Waals surface area contributed by atoms with Crippen LogP contribution in [0.15, 0.2) is 30.5 Å². The van der Waals surface area contributed by atoms with E-state index in [4.69, 9.17) is 4.74 Å². The molecule has 1 aliphatic rings. The van der Waals surface area contributed by atoms with Crippen LogP contribution in [0.5, 0.6) is 5.75 Å². The van der Waals surface area contributed by atoms with Gasteiger partial charge < -0.3 is 20.5 Å². The molecule has 0 saturated carbocycles. The van der Waals surface area contributed by atoms with Crippen molar-refractivity contribution in [1.29, 1.82) is 0 Å². The van der Waals surface area contributed by atoms with Crippen molar-refractivity contribution in [2.24, 2.45) is 0 Å². The Labute approximate surface area is 171 Å². The van der Waals surface area contributed by atoms with Crippen LogP contribution in [-0.2, 0) is 12.6 Å². The van der Waals surface area contributed by atoms with E-state index in [0.717, 1.165) is 42.7 Å². The number of rotatable bonds is 6. The minimum Gasteiger partial charge on any atom is -0.491 e. The Morgan fingerprint density at radius 2 is 2.20 bits per heavy atom. The summed E-state index contributed by atoms with van der Waals surface area (Å²) >= 11 is 0. The number of halogens is 3. The van der Waals surface area contributed by atoms with Crippen molar-refractivity contribution in [1.82, 2.24) is 20.6 Å². The summed E-state index contributed by atoms with van der Waals surface area (Å²) in [6.45, 7) is 1.43. The van der Waals surface area contributed by atoms with E-state index in [2.05, 4.69) is 20.6 Å². The summed E-state index contributed by atoms with van der Waals surface area (Å²) in [5.41, 5.74) is 0.975. The molecule has 2 aromatic rings. The predicted octanol–water partition coefficient (Wildman–Crippen LogP) is 2.92. The quantitative estimate of drug-likeness (QED) is 0.663. The van der Waals surface area contributed by atoms with Crippen LogP contribution in [0.4, 0.5) is 18.0 Å². The molecule has 0 spiro atoms. The molecule has 0 fully saturated rings. The van der Waals surface area contributed by atoms with Crippen LogP contribution in [0.3, 0.4) is 0 Å². The predicted molar refractivity (Wildman–Crippen MR) is 102 cm³/mol. The van der Waals surface area contributed by atoms with Gasteiger partial charge in [-0.3, -0.25) is 0 Å². The highest BCUT2D eigenvalue weighted by molar-refractivity contribution is 5.74. The smallest absolute Gasteiger partial charge is 0.416 e. The molecule has 0 bridgehead atoms. The Bertz CT molecular complexity index is 892. The van der Waals surface area contributed by atoms with E-state index in [1.807, 2.05) is 6.92 Å². The molecule has 1 heterocycles. The maximum Gasteiger partial charge on any atom is 0.416 e. The number of alkyl halides is 3. The van der Waals surface area contributed by atoms with Gasteiger partial charge in [-0.2, -0.15) is 13.2 Å². The van der Waals surface area contributed by atoms with Gasteiger partial charge in [0.1, 0.15) is 24.3 Å². The molecular formula is C20H23F3N4O3. The first-order valence-electron chi connectivity index (χ1n) is 9.57. The second kappa shape index (κ2) is 9.29. The normalized spacial score (nSPS) is 17.0. The Morgan fingerprint density at radius 3 is 2.97 bits per heavy atom. The van der Waals surface area contributed by atoms with Crippen molar-refractivity contribution < 1.29 is 27.8 Å². The Morgan fingerprint density at radius 1 is 1.40 bits per heavy atom. The van der Waals surface area contributed by atoms with Gasteiger partial charge in [-0.25, -0.2) is 14.8 Å². The van der Waals surface area contributed by atoms with Crippen molar-refractivity contribution >= 4 is 6.03 Å². The van der Waals surface area contributed by atoms with Gasteiger partial charge in [-0.15, -0.1) is 0 Å². The standard InChI is InChI=1S/C20H23F3N4O3/c1-12-24-10-16-17(26-12)6-3-7-18(16)27-19(29)25-9-14(28)11-30-15-5-2-4-13(8-15)20(21,22)23/h2,4-5,8,10,14,18,28H,3,6-7,9,11H2,1H3,(H2,25,27,29). The number of aromatic nitrogens is 2. The molecule has 2 amide bonds. The molecule has 10 heteroatoms. The van der Waals surface area contributed by atoms with Gasteiger partial charge in [-0.1, -0.05) is 6.07 Å². The van der Waals surface area contributed by atoms with Crippen LogP contribution in [0.2, 0.25) is 0 Å². The van der Waals surface area contributed by atoms with Gasteiger partial charge in [0.15, 0.2) is 0 Å². The molecule has 162 valence electrons. The number of benzene rings is 1. The van der Waals surface area contributed by atoms with Gasteiger partial charge in [0, 0.05) is 24.0 Å². The first-order valence-corrected chi connectivity index (χ1v) is 9.57. The van der Waals surface area contributed by atoms with Crippen LogP contribution >= 0.6 is 0 Å². The summed E-state index contributed by atoms with van der Waals surface area (Å²) in [6, 6.07) is 3.71. The summed E-state index contributed by atoms with van der Waals surface area (Å²) in [5.74, 6) is 0.671. The van der Waals surface area contributed by atoms with E-state index in [9.17, 15) is 23.1 Å². The number of amides is 2. The zero-order valence-corrected chi connectivity index (χ0v) is 16.4. The molecule has 2 atom stereocenters. The minimum absolute atomic E-state index is 0.0116. The third-order valence-corrected chi connectivity index (χ3v) is 4.71. The third-order valence-electron chi connectivity index (χ3n) is 4.71. The Balaban J connectivity index is 1.45. The number of ether oxygens (including phenoxy) is 1. The lowest BCUT2D eigenvalue weighted by Crippen LogP contribution is -2.43. The van der Waals surface area contributed by atoms with E-state index in [0.29, 0.717) is 5.82 Å². The summed E-state index contributed by atoms with van der Waals surface area (Å²) in [7, 11) is 0. The number of aryl methyl sites for hydroxylation is 2. The van der Waals surface area contributed by atoms with Crippen molar-refractivity contribution in [3.8, 4) is 5.75 Å². The second-order valence-electron chi connectivity index (χ2n) is 7.11. The highest BCUT2D eigenvalue weighted by atomic mass is 19.4. The Kier molecular flexibility index (Phi) is 6.76. The molecule has 1 aromatic heterocycles. The summed E-state index contributed by atoms with van der Waals surface area (Å²) in [4.78, 5) is 20.8. The van der Waals surface area contributed by atoms with Crippen molar-refractivity contribution in [2.45, 2.75) is 44.5 Å². The first kappa shape index (κ1) is 21.8. The van der Waals surface area contributed by atoms with E-state index >= 15 is 0 Å². The fraction of sp³-hybridized carbons (Fsp3) is 0.450. The molecule has 1 aromatic carbocycles. The molecule has 2 unspecified atom stereocenters. The fourth-order valence-electron chi connectivity index (χ4n) is 3.23. The monoisotopic (exact) mass is 424 g/mol. The van der Waals surface area contributed by atoms with Crippen LogP contribution in [0.1, 0.15) is 41.5 Å². The lowest BCUT2D eigenvalue weighted by molar-refractivity contribution is -0.137. The van der Waals surface area contributed by atoms with Crippen molar-refractivity contribution in [2.75, 3.05) is 13.2 Å². The lowest BCUT2D eigenvalue weighted by atomic mass is 9.92. The van der Waals surface area contributed by atoms with E-state index in [1.54, 1.807) is 6.20 Å². The zero-order valence-electron chi connectivity index (χ0n) is 16.4. The highest BCUT2D eigenvalue weighted by Crippen LogP contribution is 2.31. The molecule has 30 heavy (non-hydrogen) atoms. The van der Waals surface area contributed by atoms with Gasteiger partial charge in [0.05, 0.1) is 11.6 Å². The topological polar surface area (TPSA) is 96.4 Å². The number of hydrogen-bond acceptors (Lipinski definition) is 5. The average molecular weight is 424 g/mol. The largest absolute Gasteiger partial charge is 0.491 e. The van der Waals surface area contributed by atoms with Crippen LogP contribution < -0.4 is 15.4 Å². The minimum atomic E-state index is -4.47. The van der Waals surface area contributed by atoms with E-state index in [1.165, 1.54) is 12.1 Å². The van der Waals surface area contributed by atoms with Crippen LogP contribution in [-0.4, -0.2) is 40.4 Å². The number of nitrogens with zero attached hydrogens (tertiary/aromatic N) is 2. The number of nitrogens with one attached hydrogen (secondary N) is 2. The third kappa shape index (κ3) is 5.82. The molecule has 0 radical (unpaired) electrons.